The van der Waals surface area contributed by atoms with Gasteiger partial charge in [0.2, 0.25) is 15.8 Å². The number of H-pyrrole nitrogens is 1. The second kappa shape index (κ2) is 8.66. The van der Waals surface area contributed by atoms with Crippen LogP contribution in [0.15, 0.2) is 41.4 Å². The van der Waals surface area contributed by atoms with Crippen LogP contribution < -0.4 is 14.2 Å². The Balaban J connectivity index is 1.70. The van der Waals surface area contributed by atoms with Gasteiger partial charge in [-0.3, -0.25) is 9.59 Å². The highest BCUT2D eigenvalue weighted by atomic mass is 32.2. The van der Waals surface area contributed by atoms with Gasteiger partial charge in [0.1, 0.15) is 19.3 Å². The fourth-order valence-electron chi connectivity index (χ4n) is 2.69. The number of hydrogen-bond donors (Lipinski definition) is 2. The number of hydrogen-bond acceptors (Lipinski definition) is 7. The van der Waals surface area contributed by atoms with Crippen molar-refractivity contribution in [1.29, 1.82) is 0 Å². The minimum absolute atomic E-state index is 0.0670. The Morgan fingerprint density at radius 2 is 1.90 bits per heavy atom. The highest BCUT2D eigenvalue weighted by Gasteiger charge is 2.31. The Kier molecular flexibility index (Phi) is 6.23. The van der Waals surface area contributed by atoms with E-state index in [0.29, 0.717) is 30.4 Å². The molecule has 0 aliphatic carbocycles. The first-order chi connectivity index (χ1) is 13.8. The summed E-state index contributed by atoms with van der Waals surface area (Å²) in [6, 6.07) is 6.25. The number of esters is 1. The Bertz CT molecular complexity index is 984. The molecule has 10 heteroatoms. The summed E-state index contributed by atoms with van der Waals surface area (Å²) in [6.07, 6.45) is 1.58. The first-order valence-electron chi connectivity index (χ1n) is 9.03. The predicted octanol–water partition coefficient (Wildman–Crippen LogP) is 1.51. The number of carbonyl (C=O) groups excluding carboxylic acids is 2. The van der Waals surface area contributed by atoms with E-state index >= 15 is 0 Å². The van der Waals surface area contributed by atoms with E-state index in [-0.39, 0.29) is 4.90 Å². The topological polar surface area (TPSA) is 124 Å². The molecule has 0 bridgehead atoms. The van der Waals surface area contributed by atoms with E-state index in [1.165, 1.54) is 18.2 Å². The van der Waals surface area contributed by atoms with Gasteiger partial charge in [0.25, 0.3) is 0 Å². The number of ether oxygens (including phenoxy) is 3. The molecule has 1 aromatic heterocycles. The number of aromatic nitrogens is 1. The average molecular weight is 422 g/mol. The third-order valence-electron chi connectivity index (χ3n) is 4.27. The molecule has 9 nitrogen and oxygen atoms in total. The maximum Gasteiger partial charge on any atom is 0.324 e. The lowest BCUT2D eigenvalue weighted by Crippen LogP contribution is -2.45. The van der Waals surface area contributed by atoms with Crippen LogP contribution in [-0.4, -0.2) is 51.0 Å². The van der Waals surface area contributed by atoms with E-state index in [1.54, 1.807) is 32.2 Å². The largest absolute Gasteiger partial charge is 0.486 e. The van der Waals surface area contributed by atoms with Crippen molar-refractivity contribution in [3.8, 4) is 11.5 Å². The minimum Gasteiger partial charge on any atom is -0.486 e. The average Bonchev–Trinajstić information content (AvgIpc) is 3.24. The normalized spacial score (nSPS) is 14.4. The molecule has 3 rings (SSSR count). The fraction of sp³-hybridized carbons (Fsp3) is 0.368. The molecule has 2 N–H and O–H groups in total. The molecule has 0 fully saturated rings. The van der Waals surface area contributed by atoms with Crippen molar-refractivity contribution >= 4 is 21.8 Å². The lowest BCUT2D eigenvalue weighted by atomic mass is 10.1. The van der Waals surface area contributed by atoms with Gasteiger partial charge in [0, 0.05) is 12.3 Å². The molecule has 156 valence electrons. The Labute approximate surface area is 168 Å². The van der Waals surface area contributed by atoms with E-state index in [2.05, 4.69) is 9.71 Å². The lowest BCUT2D eigenvalue weighted by Gasteiger charge is -2.22. The third kappa shape index (κ3) is 4.96. The van der Waals surface area contributed by atoms with Crippen molar-refractivity contribution < 1.29 is 32.2 Å². The van der Waals surface area contributed by atoms with Crippen LogP contribution in [0.4, 0.5) is 0 Å². The van der Waals surface area contributed by atoms with Crippen LogP contribution >= 0.6 is 0 Å². The van der Waals surface area contributed by atoms with Crippen LogP contribution in [0, 0.1) is 5.92 Å². The van der Waals surface area contributed by atoms with Gasteiger partial charge in [0.15, 0.2) is 18.1 Å². The Hall–Kier alpha value is -2.85. The van der Waals surface area contributed by atoms with Crippen LogP contribution in [0.2, 0.25) is 0 Å². The molecule has 0 saturated heterocycles. The number of carbonyl (C=O) groups is 2. The predicted molar refractivity (Wildman–Crippen MR) is 102 cm³/mol. The SMILES string of the molecule is CC(C)[C@@H](NS(=O)(=O)c1ccc2c(c1)OCCO2)C(=O)OCC(=O)c1ccc[nH]1. The van der Waals surface area contributed by atoms with Gasteiger partial charge < -0.3 is 19.2 Å². The first kappa shape index (κ1) is 20.9. The summed E-state index contributed by atoms with van der Waals surface area (Å²) in [5.41, 5.74) is 0.302. The zero-order valence-electron chi connectivity index (χ0n) is 16.0. The van der Waals surface area contributed by atoms with Crippen molar-refractivity contribution in [2.24, 2.45) is 5.92 Å². The standard InChI is InChI=1S/C19H22N2O7S/c1-12(2)18(19(23)28-11-15(22)14-4-3-7-20-14)21-29(24,25)13-5-6-16-17(10-13)27-9-8-26-16/h3-7,10,12,18,20-21H,8-9,11H2,1-2H3/t18-/m1/s1. The van der Waals surface area contributed by atoms with E-state index in [4.69, 9.17) is 14.2 Å². The van der Waals surface area contributed by atoms with E-state index in [9.17, 15) is 18.0 Å². The van der Waals surface area contributed by atoms with Crippen LogP contribution in [0.5, 0.6) is 11.5 Å². The molecule has 1 atom stereocenters. The van der Waals surface area contributed by atoms with Crippen LogP contribution in [0.1, 0.15) is 24.3 Å². The summed E-state index contributed by atoms with van der Waals surface area (Å²) in [5.74, 6) is -0.881. The molecular weight excluding hydrogens is 400 g/mol. The second-order valence-corrected chi connectivity index (χ2v) is 8.48. The molecule has 29 heavy (non-hydrogen) atoms. The second-order valence-electron chi connectivity index (χ2n) is 6.76. The monoisotopic (exact) mass is 422 g/mol. The summed E-state index contributed by atoms with van der Waals surface area (Å²) in [6.45, 7) is 3.56. The molecule has 1 aliphatic rings. The number of sulfonamides is 1. The summed E-state index contributed by atoms with van der Waals surface area (Å²) >= 11 is 0. The van der Waals surface area contributed by atoms with Crippen molar-refractivity contribution in [2.75, 3.05) is 19.8 Å². The number of Topliss-reactive ketones (excluding diaryl/α,β-unsaturated/α-hetero) is 1. The maximum atomic E-state index is 12.8. The van der Waals surface area contributed by atoms with Gasteiger partial charge in [-0.15, -0.1) is 0 Å². The zero-order valence-corrected chi connectivity index (χ0v) is 16.8. The van der Waals surface area contributed by atoms with Crippen molar-refractivity contribution in [1.82, 2.24) is 9.71 Å². The molecule has 0 saturated carbocycles. The summed E-state index contributed by atoms with van der Waals surface area (Å²) in [4.78, 5) is 27.1. The zero-order chi connectivity index (χ0) is 21.0. The number of nitrogens with one attached hydrogen (secondary N) is 2. The minimum atomic E-state index is -4.04. The molecular formula is C19H22N2O7S. The highest BCUT2D eigenvalue weighted by Crippen LogP contribution is 2.32. The quantitative estimate of drug-likeness (QED) is 0.488. The van der Waals surface area contributed by atoms with Gasteiger partial charge in [-0.2, -0.15) is 4.72 Å². The molecule has 1 aromatic carbocycles. The summed E-state index contributed by atoms with van der Waals surface area (Å²) in [7, 11) is -4.04. The summed E-state index contributed by atoms with van der Waals surface area (Å²) in [5, 5.41) is 0. The first-order valence-corrected chi connectivity index (χ1v) is 10.5. The third-order valence-corrected chi connectivity index (χ3v) is 5.71. The number of rotatable bonds is 8. The van der Waals surface area contributed by atoms with Crippen molar-refractivity contribution in [2.45, 2.75) is 24.8 Å². The number of benzene rings is 1. The molecule has 0 amide bonds. The number of ketones is 1. The van der Waals surface area contributed by atoms with Crippen LogP contribution in [0.3, 0.4) is 0 Å². The number of aromatic amines is 1. The van der Waals surface area contributed by atoms with Gasteiger partial charge in [-0.1, -0.05) is 13.8 Å². The fourth-order valence-corrected chi connectivity index (χ4v) is 4.04. The summed E-state index contributed by atoms with van der Waals surface area (Å²) < 4.78 is 43.7. The van der Waals surface area contributed by atoms with Crippen molar-refractivity contribution in [3.05, 3.63) is 42.2 Å². The van der Waals surface area contributed by atoms with E-state index in [0.717, 1.165) is 0 Å². The number of fused-ring (bicyclic) bond motifs is 1. The van der Waals surface area contributed by atoms with Crippen LogP contribution in [0.25, 0.3) is 0 Å². The van der Waals surface area contributed by atoms with Crippen molar-refractivity contribution in [3.63, 3.8) is 0 Å². The van der Waals surface area contributed by atoms with Gasteiger partial charge >= 0.3 is 5.97 Å². The van der Waals surface area contributed by atoms with Gasteiger partial charge in [0.05, 0.1) is 10.6 Å². The smallest absolute Gasteiger partial charge is 0.324 e. The lowest BCUT2D eigenvalue weighted by molar-refractivity contribution is -0.145. The molecule has 2 aromatic rings. The van der Waals surface area contributed by atoms with E-state index in [1.807, 2.05) is 0 Å². The molecule has 0 spiro atoms. The Morgan fingerprint density at radius 1 is 1.17 bits per heavy atom. The molecule has 0 radical (unpaired) electrons. The van der Waals surface area contributed by atoms with Gasteiger partial charge in [-0.25, -0.2) is 8.42 Å². The highest BCUT2D eigenvalue weighted by molar-refractivity contribution is 7.89. The molecule has 2 heterocycles. The Morgan fingerprint density at radius 3 is 2.55 bits per heavy atom. The molecule has 0 unspecified atom stereocenters. The van der Waals surface area contributed by atoms with E-state index < -0.39 is 40.3 Å². The molecule has 1 aliphatic heterocycles. The van der Waals surface area contributed by atoms with Crippen LogP contribution in [-0.2, 0) is 19.6 Å². The van der Waals surface area contributed by atoms with Gasteiger partial charge in [-0.05, 0) is 30.2 Å². The maximum absolute atomic E-state index is 12.8.